The minimum Gasteiger partial charge on any atom is -0.382 e. The van der Waals surface area contributed by atoms with Crippen LogP contribution in [-0.4, -0.2) is 51.8 Å². The number of rotatable bonds is 11. The van der Waals surface area contributed by atoms with E-state index in [0.717, 1.165) is 58.4 Å². The highest BCUT2D eigenvalue weighted by Crippen LogP contribution is 2.39. The van der Waals surface area contributed by atoms with Crippen molar-refractivity contribution in [2.75, 3.05) is 39.6 Å². The molecule has 2 fully saturated rings. The molecule has 2 aliphatic rings. The molecule has 0 amide bonds. The van der Waals surface area contributed by atoms with Crippen LogP contribution in [0.15, 0.2) is 0 Å². The van der Waals surface area contributed by atoms with Gasteiger partial charge in [-0.05, 0) is 44.9 Å². The molecule has 19 heavy (non-hydrogen) atoms. The molecule has 1 saturated heterocycles. The third-order valence-corrected chi connectivity index (χ3v) is 3.83. The van der Waals surface area contributed by atoms with Crippen molar-refractivity contribution in [1.29, 1.82) is 0 Å². The molecule has 2 rings (SSSR count). The number of epoxide rings is 1. The molecule has 0 aromatic heterocycles. The summed E-state index contributed by atoms with van der Waals surface area (Å²) in [7, 11) is 0. The minimum atomic E-state index is 0.566. The van der Waals surface area contributed by atoms with E-state index in [-0.39, 0.29) is 0 Å². The van der Waals surface area contributed by atoms with Crippen molar-refractivity contribution in [3.8, 4) is 0 Å². The van der Waals surface area contributed by atoms with Crippen LogP contribution in [0, 0.1) is 5.92 Å². The predicted molar refractivity (Wildman–Crippen MR) is 73.4 cm³/mol. The average molecular weight is 272 g/mol. The van der Waals surface area contributed by atoms with Crippen LogP contribution in [-0.2, 0) is 18.9 Å². The van der Waals surface area contributed by atoms with E-state index < -0.39 is 0 Å². The van der Waals surface area contributed by atoms with Crippen molar-refractivity contribution in [2.24, 2.45) is 5.92 Å². The van der Waals surface area contributed by atoms with Crippen molar-refractivity contribution in [3.05, 3.63) is 0 Å². The number of fused-ring (bicyclic) bond motifs is 1. The summed E-state index contributed by atoms with van der Waals surface area (Å²) in [5, 5.41) is 0. The van der Waals surface area contributed by atoms with Gasteiger partial charge in [-0.25, -0.2) is 0 Å². The van der Waals surface area contributed by atoms with Gasteiger partial charge in [0.1, 0.15) is 0 Å². The molecule has 0 bridgehead atoms. The van der Waals surface area contributed by atoms with Crippen LogP contribution < -0.4 is 0 Å². The van der Waals surface area contributed by atoms with Gasteiger partial charge in [0.05, 0.1) is 12.2 Å². The first-order chi connectivity index (χ1) is 9.40. The summed E-state index contributed by atoms with van der Waals surface area (Å²) in [5.74, 6) is 0.718. The van der Waals surface area contributed by atoms with E-state index in [9.17, 15) is 0 Å². The van der Waals surface area contributed by atoms with E-state index in [0.29, 0.717) is 12.2 Å². The van der Waals surface area contributed by atoms with Gasteiger partial charge in [-0.3, -0.25) is 0 Å². The quantitative estimate of drug-likeness (QED) is 0.428. The molecular formula is C15H28O4. The Kier molecular flexibility index (Phi) is 7.14. The Labute approximate surface area is 116 Å². The lowest BCUT2D eigenvalue weighted by molar-refractivity contribution is 0.0517. The first-order valence-electron chi connectivity index (χ1n) is 7.79. The van der Waals surface area contributed by atoms with E-state index >= 15 is 0 Å². The summed E-state index contributed by atoms with van der Waals surface area (Å²) in [5.41, 5.74) is 0. The second kappa shape index (κ2) is 8.90. The van der Waals surface area contributed by atoms with Crippen molar-refractivity contribution in [3.63, 3.8) is 0 Å². The maximum atomic E-state index is 5.72. The summed E-state index contributed by atoms with van der Waals surface area (Å²) in [6.45, 7) is 6.92. The summed E-state index contributed by atoms with van der Waals surface area (Å²) < 4.78 is 22.0. The third kappa shape index (κ3) is 6.21. The second-order valence-corrected chi connectivity index (χ2v) is 5.48. The Hall–Kier alpha value is -0.160. The van der Waals surface area contributed by atoms with E-state index in [2.05, 4.69) is 0 Å². The molecule has 1 saturated carbocycles. The van der Waals surface area contributed by atoms with Gasteiger partial charge in [-0.1, -0.05) is 0 Å². The van der Waals surface area contributed by atoms with Gasteiger partial charge in [0.25, 0.3) is 0 Å². The van der Waals surface area contributed by atoms with Gasteiger partial charge < -0.3 is 18.9 Å². The van der Waals surface area contributed by atoms with Crippen LogP contribution in [0.1, 0.15) is 39.0 Å². The van der Waals surface area contributed by atoms with Gasteiger partial charge >= 0.3 is 0 Å². The Bertz CT molecular complexity index is 234. The Morgan fingerprint density at radius 3 is 2.37 bits per heavy atom. The normalized spacial score (nSPS) is 29.2. The second-order valence-electron chi connectivity index (χ2n) is 5.48. The molecular weight excluding hydrogens is 244 g/mol. The molecule has 0 radical (unpaired) electrons. The fourth-order valence-corrected chi connectivity index (χ4v) is 2.66. The molecule has 3 atom stereocenters. The lowest BCUT2D eigenvalue weighted by atomic mass is 9.90. The molecule has 1 aliphatic heterocycles. The lowest BCUT2D eigenvalue weighted by Gasteiger charge is -2.18. The SMILES string of the molecule is CCOCCCOCCCOCC1CCC2OC2C1. The van der Waals surface area contributed by atoms with Crippen LogP contribution in [0.4, 0.5) is 0 Å². The van der Waals surface area contributed by atoms with Crippen LogP contribution in [0.3, 0.4) is 0 Å². The first-order valence-corrected chi connectivity index (χ1v) is 7.79. The first kappa shape index (κ1) is 15.2. The van der Waals surface area contributed by atoms with Crippen LogP contribution >= 0.6 is 0 Å². The van der Waals surface area contributed by atoms with Crippen LogP contribution in [0.25, 0.3) is 0 Å². The number of hydrogen-bond acceptors (Lipinski definition) is 4. The molecule has 3 unspecified atom stereocenters. The maximum absolute atomic E-state index is 5.72. The van der Waals surface area contributed by atoms with Crippen molar-refractivity contribution in [1.82, 2.24) is 0 Å². The smallest absolute Gasteiger partial charge is 0.0845 e. The van der Waals surface area contributed by atoms with Gasteiger partial charge in [-0.2, -0.15) is 0 Å². The molecule has 4 heteroatoms. The fourth-order valence-electron chi connectivity index (χ4n) is 2.66. The number of hydrogen-bond donors (Lipinski definition) is 0. The van der Waals surface area contributed by atoms with Gasteiger partial charge in [0.2, 0.25) is 0 Å². The van der Waals surface area contributed by atoms with E-state index in [4.69, 9.17) is 18.9 Å². The number of ether oxygens (including phenoxy) is 4. The maximum Gasteiger partial charge on any atom is 0.0845 e. The average Bonchev–Trinajstić information content (AvgIpc) is 3.19. The third-order valence-electron chi connectivity index (χ3n) is 3.83. The van der Waals surface area contributed by atoms with Gasteiger partial charge in [0.15, 0.2) is 0 Å². The zero-order chi connectivity index (χ0) is 13.3. The van der Waals surface area contributed by atoms with Crippen molar-refractivity contribution >= 4 is 0 Å². The highest BCUT2D eigenvalue weighted by atomic mass is 16.6. The van der Waals surface area contributed by atoms with Crippen LogP contribution in [0.5, 0.6) is 0 Å². The molecule has 1 heterocycles. The Balaban J connectivity index is 1.31. The summed E-state index contributed by atoms with van der Waals surface area (Å²) in [6.07, 6.45) is 6.86. The highest BCUT2D eigenvalue weighted by molar-refractivity contribution is 4.91. The summed E-state index contributed by atoms with van der Waals surface area (Å²) in [4.78, 5) is 0. The zero-order valence-corrected chi connectivity index (χ0v) is 12.1. The molecule has 0 aromatic carbocycles. The molecule has 112 valence electrons. The van der Waals surface area contributed by atoms with Gasteiger partial charge in [-0.15, -0.1) is 0 Å². The topological polar surface area (TPSA) is 40.2 Å². The summed E-state index contributed by atoms with van der Waals surface area (Å²) >= 11 is 0. The van der Waals surface area contributed by atoms with Gasteiger partial charge in [0, 0.05) is 39.6 Å². The summed E-state index contributed by atoms with van der Waals surface area (Å²) in [6, 6.07) is 0. The molecule has 4 nitrogen and oxygen atoms in total. The minimum absolute atomic E-state index is 0.566. The molecule has 0 spiro atoms. The fraction of sp³-hybridized carbons (Fsp3) is 1.00. The van der Waals surface area contributed by atoms with Crippen molar-refractivity contribution in [2.45, 2.75) is 51.2 Å². The van der Waals surface area contributed by atoms with E-state index in [1.54, 1.807) is 0 Å². The monoisotopic (exact) mass is 272 g/mol. The largest absolute Gasteiger partial charge is 0.382 e. The van der Waals surface area contributed by atoms with Crippen molar-refractivity contribution < 1.29 is 18.9 Å². The predicted octanol–water partition coefficient (Wildman–Crippen LogP) is 2.40. The lowest BCUT2D eigenvalue weighted by Crippen LogP contribution is -2.19. The molecule has 1 aliphatic carbocycles. The molecule has 0 aromatic rings. The highest BCUT2D eigenvalue weighted by Gasteiger charge is 2.43. The standard InChI is InChI=1S/C15H28O4/c1-2-16-7-3-8-17-9-4-10-18-12-13-5-6-14-15(11-13)19-14/h13-15H,2-12H2,1H3. The Morgan fingerprint density at radius 1 is 0.895 bits per heavy atom. The van der Waals surface area contributed by atoms with Crippen LogP contribution in [0.2, 0.25) is 0 Å². The Morgan fingerprint density at radius 2 is 1.63 bits per heavy atom. The van der Waals surface area contributed by atoms with E-state index in [1.807, 2.05) is 6.92 Å². The zero-order valence-electron chi connectivity index (χ0n) is 12.1. The molecule has 0 N–H and O–H groups in total. The van der Waals surface area contributed by atoms with E-state index in [1.165, 1.54) is 19.3 Å².